The Kier molecular flexibility index (Phi) is 4.71. The van der Waals surface area contributed by atoms with Crippen LogP contribution in [0.1, 0.15) is 5.76 Å². The number of rotatable bonds is 6. The zero-order valence-electron chi connectivity index (χ0n) is 13.0. The molecule has 0 fully saturated rings. The van der Waals surface area contributed by atoms with Gasteiger partial charge in [0.1, 0.15) is 17.3 Å². The fourth-order valence-electron chi connectivity index (χ4n) is 1.96. The molecule has 0 radical (unpaired) electrons. The van der Waals surface area contributed by atoms with E-state index in [0.717, 1.165) is 0 Å². The number of amides is 1. The number of nitrogens with zero attached hydrogens (tertiary/aromatic N) is 2. The van der Waals surface area contributed by atoms with Crippen molar-refractivity contribution < 1.29 is 14.1 Å². The molecule has 2 aromatic heterocycles. The Balaban J connectivity index is 1.51. The first-order chi connectivity index (χ1) is 11.7. The molecule has 7 heteroatoms. The molecule has 3 rings (SSSR count). The van der Waals surface area contributed by atoms with E-state index in [1.807, 2.05) is 25.1 Å². The van der Waals surface area contributed by atoms with Gasteiger partial charge in [-0.2, -0.15) is 0 Å². The first kappa shape index (κ1) is 15.5. The highest BCUT2D eigenvalue weighted by atomic mass is 16.5. The Morgan fingerprint density at radius 1 is 1.17 bits per heavy atom. The lowest BCUT2D eigenvalue weighted by Crippen LogP contribution is -2.20. The van der Waals surface area contributed by atoms with Crippen LogP contribution in [-0.4, -0.2) is 22.7 Å². The fraction of sp³-hybridized carbons (Fsp3) is 0.118. The summed E-state index contributed by atoms with van der Waals surface area (Å²) in [4.78, 5) is 16.1. The van der Waals surface area contributed by atoms with Crippen LogP contribution in [0.15, 0.2) is 59.3 Å². The van der Waals surface area contributed by atoms with Crippen LogP contribution in [0.25, 0.3) is 0 Å². The zero-order chi connectivity index (χ0) is 16.8. The third-order valence-electron chi connectivity index (χ3n) is 3.04. The largest absolute Gasteiger partial charge is 0.484 e. The van der Waals surface area contributed by atoms with E-state index < -0.39 is 0 Å². The van der Waals surface area contributed by atoms with Gasteiger partial charge in [-0.05, 0) is 31.2 Å². The van der Waals surface area contributed by atoms with Crippen molar-refractivity contribution in [2.24, 2.45) is 0 Å². The summed E-state index contributed by atoms with van der Waals surface area (Å²) in [7, 11) is 0. The van der Waals surface area contributed by atoms with Gasteiger partial charge in [-0.15, -0.1) is 0 Å². The summed E-state index contributed by atoms with van der Waals surface area (Å²) in [5.74, 6) is 2.27. The van der Waals surface area contributed by atoms with E-state index in [2.05, 4.69) is 20.8 Å². The van der Waals surface area contributed by atoms with E-state index in [-0.39, 0.29) is 12.5 Å². The highest BCUT2D eigenvalue weighted by molar-refractivity contribution is 5.91. The predicted molar refractivity (Wildman–Crippen MR) is 89.3 cm³/mol. The summed E-state index contributed by atoms with van der Waals surface area (Å²) in [6, 6.07) is 14.4. The molecule has 24 heavy (non-hydrogen) atoms. The van der Waals surface area contributed by atoms with Gasteiger partial charge in [0.05, 0.1) is 11.9 Å². The summed E-state index contributed by atoms with van der Waals surface area (Å²) in [6.45, 7) is 1.74. The van der Waals surface area contributed by atoms with Crippen molar-refractivity contribution >= 4 is 23.2 Å². The van der Waals surface area contributed by atoms with E-state index in [4.69, 9.17) is 9.26 Å². The van der Waals surface area contributed by atoms with Crippen LogP contribution in [0.5, 0.6) is 5.75 Å². The highest BCUT2D eigenvalue weighted by Crippen LogP contribution is 2.16. The van der Waals surface area contributed by atoms with Crippen LogP contribution < -0.4 is 15.4 Å². The molecule has 1 amide bonds. The molecule has 0 unspecified atom stereocenters. The molecule has 0 aliphatic rings. The third kappa shape index (κ3) is 4.33. The van der Waals surface area contributed by atoms with Gasteiger partial charge in [0.25, 0.3) is 5.91 Å². The average molecular weight is 324 g/mol. The Hall–Kier alpha value is -3.35. The maximum Gasteiger partial charge on any atom is 0.262 e. The van der Waals surface area contributed by atoms with E-state index in [0.29, 0.717) is 28.8 Å². The van der Waals surface area contributed by atoms with Crippen molar-refractivity contribution in [2.45, 2.75) is 6.92 Å². The van der Waals surface area contributed by atoms with Gasteiger partial charge >= 0.3 is 0 Å². The number of aromatic nitrogens is 2. The highest BCUT2D eigenvalue weighted by Gasteiger charge is 2.05. The Bertz CT molecular complexity index is 800. The molecule has 7 nitrogen and oxygen atoms in total. The molecule has 2 heterocycles. The molecule has 122 valence electrons. The van der Waals surface area contributed by atoms with Crippen LogP contribution in [-0.2, 0) is 4.79 Å². The van der Waals surface area contributed by atoms with Crippen molar-refractivity contribution in [3.63, 3.8) is 0 Å². The Labute approximate surface area is 138 Å². The van der Waals surface area contributed by atoms with Crippen LogP contribution in [0.4, 0.5) is 17.3 Å². The number of para-hydroxylation sites is 1. The normalized spacial score (nSPS) is 10.2. The summed E-state index contributed by atoms with van der Waals surface area (Å²) < 4.78 is 10.3. The van der Waals surface area contributed by atoms with Crippen molar-refractivity contribution in [2.75, 3.05) is 17.2 Å². The van der Waals surface area contributed by atoms with Crippen molar-refractivity contribution in [3.05, 3.63) is 60.5 Å². The summed E-state index contributed by atoms with van der Waals surface area (Å²) in [6.07, 6.45) is 1.55. The van der Waals surface area contributed by atoms with Crippen molar-refractivity contribution in [3.8, 4) is 5.75 Å². The summed E-state index contributed by atoms with van der Waals surface area (Å²) >= 11 is 0. The molecule has 3 aromatic rings. The molecule has 0 aliphatic heterocycles. The van der Waals surface area contributed by atoms with Gasteiger partial charge < -0.3 is 19.9 Å². The quantitative estimate of drug-likeness (QED) is 0.724. The molecular formula is C17H16N4O3. The van der Waals surface area contributed by atoms with Crippen LogP contribution in [0.2, 0.25) is 0 Å². The monoisotopic (exact) mass is 324 g/mol. The number of aryl methyl sites for hydroxylation is 1. The molecule has 0 spiro atoms. The lowest BCUT2D eigenvalue weighted by atomic mass is 10.3. The van der Waals surface area contributed by atoms with E-state index >= 15 is 0 Å². The number of carbonyl (C=O) groups excluding carboxylic acids is 1. The predicted octanol–water partition coefficient (Wildman–Crippen LogP) is 3.14. The van der Waals surface area contributed by atoms with Crippen molar-refractivity contribution in [1.29, 1.82) is 0 Å². The number of hydrogen-bond donors (Lipinski definition) is 2. The van der Waals surface area contributed by atoms with Crippen LogP contribution >= 0.6 is 0 Å². The number of benzene rings is 1. The molecule has 1 aromatic carbocycles. The summed E-state index contributed by atoms with van der Waals surface area (Å²) in [5.41, 5.74) is 0.582. The first-order valence-electron chi connectivity index (χ1n) is 7.33. The van der Waals surface area contributed by atoms with Crippen LogP contribution in [0.3, 0.4) is 0 Å². The zero-order valence-corrected chi connectivity index (χ0v) is 13.0. The van der Waals surface area contributed by atoms with Crippen LogP contribution in [0, 0.1) is 6.92 Å². The molecule has 0 atom stereocenters. The number of carbonyl (C=O) groups is 1. The SMILES string of the molecule is Cc1cc(Nc2ccc(NC(=O)COc3ccccc3)cn2)no1. The van der Waals surface area contributed by atoms with E-state index in [1.54, 1.807) is 36.5 Å². The first-order valence-corrected chi connectivity index (χ1v) is 7.33. The number of anilines is 3. The standard InChI is InChI=1S/C17H16N4O3/c1-12-9-16(21-24-12)20-15-8-7-13(10-18-15)19-17(22)11-23-14-5-3-2-4-6-14/h2-10H,11H2,1H3,(H,19,22)(H,18,20,21). The average Bonchev–Trinajstić information content (AvgIpc) is 3.01. The van der Waals surface area contributed by atoms with Gasteiger partial charge in [-0.25, -0.2) is 4.98 Å². The molecule has 2 N–H and O–H groups in total. The number of hydrogen-bond acceptors (Lipinski definition) is 6. The lowest BCUT2D eigenvalue weighted by Gasteiger charge is -2.08. The number of nitrogens with one attached hydrogen (secondary N) is 2. The minimum Gasteiger partial charge on any atom is -0.484 e. The molecular weight excluding hydrogens is 308 g/mol. The molecule has 0 saturated heterocycles. The van der Waals surface area contributed by atoms with Gasteiger partial charge in [0, 0.05) is 6.07 Å². The van der Waals surface area contributed by atoms with Gasteiger partial charge in [-0.3, -0.25) is 4.79 Å². The second kappa shape index (κ2) is 7.28. The lowest BCUT2D eigenvalue weighted by molar-refractivity contribution is -0.118. The third-order valence-corrected chi connectivity index (χ3v) is 3.04. The molecule has 0 bridgehead atoms. The van der Waals surface area contributed by atoms with E-state index in [1.165, 1.54) is 0 Å². The maximum atomic E-state index is 11.9. The second-order valence-corrected chi connectivity index (χ2v) is 5.03. The smallest absolute Gasteiger partial charge is 0.262 e. The summed E-state index contributed by atoms with van der Waals surface area (Å²) in [5, 5.41) is 9.54. The van der Waals surface area contributed by atoms with Gasteiger partial charge in [-0.1, -0.05) is 23.4 Å². The Morgan fingerprint density at radius 2 is 2.00 bits per heavy atom. The maximum absolute atomic E-state index is 11.9. The fourth-order valence-corrected chi connectivity index (χ4v) is 1.96. The minimum atomic E-state index is -0.256. The number of ether oxygens (including phenoxy) is 1. The molecule has 0 aliphatic carbocycles. The van der Waals surface area contributed by atoms with E-state index in [9.17, 15) is 4.79 Å². The minimum absolute atomic E-state index is 0.0672. The Morgan fingerprint density at radius 3 is 2.67 bits per heavy atom. The van der Waals surface area contributed by atoms with Crippen molar-refractivity contribution in [1.82, 2.24) is 10.1 Å². The van der Waals surface area contributed by atoms with Gasteiger partial charge in [0.2, 0.25) is 0 Å². The van der Waals surface area contributed by atoms with Gasteiger partial charge in [0.15, 0.2) is 12.4 Å². The number of pyridine rings is 1. The molecule has 0 saturated carbocycles. The topological polar surface area (TPSA) is 89.3 Å². The second-order valence-electron chi connectivity index (χ2n) is 5.03.